The van der Waals surface area contributed by atoms with Crippen LogP contribution in [0.1, 0.15) is 17.7 Å². The standard InChI is InChI=1S/C21H19F3N4O6/c22-21(23,24)34-16-4-1-14(2-5-16)11-31-12-15-3-6-17(9-25-15)32-13-18-7-8-27-10-19(28(29)30)26-20(27)33-18/h1-6,9-10,18H,7-8,11-13H2. The number of pyridine rings is 1. The number of ether oxygens (including phenoxy) is 4. The molecule has 0 N–H and O–H groups in total. The van der Waals surface area contributed by atoms with Crippen LogP contribution in [-0.4, -0.2) is 38.5 Å². The van der Waals surface area contributed by atoms with Gasteiger partial charge in [-0.05, 0) is 34.8 Å². The predicted octanol–water partition coefficient (Wildman–Crippen LogP) is 4.03. The largest absolute Gasteiger partial charge is 0.573 e. The average Bonchev–Trinajstić information content (AvgIpc) is 3.23. The number of hydrogen-bond acceptors (Lipinski definition) is 8. The zero-order valence-corrected chi connectivity index (χ0v) is 17.6. The normalized spacial score (nSPS) is 15.3. The van der Waals surface area contributed by atoms with Crippen molar-refractivity contribution in [1.29, 1.82) is 0 Å². The molecule has 10 nitrogen and oxygen atoms in total. The molecule has 13 heteroatoms. The summed E-state index contributed by atoms with van der Waals surface area (Å²) < 4.78 is 58.9. The van der Waals surface area contributed by atoms with E-state index in [2.05, 4.69) is 14.7 Å². The van der Waals surface area contributed by atoms with Crippen molar-refractivity contribution in [1.82, 2.24) is 14.5 Å². The molecule has 0 radical (unpaired) electrons. The van der Waals surface area contributed by atoms with Crippen LogP contribution in [-0.2, 0) is 24.5 Å². The minimum atomic E-state index is -4.73. The summed E-state index contributed by atoms with van der Waals surface area (Å²) in [6.45, 7) is 1.16. The van der Waals surface area contributed by atoms with Crippen molar-refractivity contribution in [2.24, 2.45) is 0 Å². The van der Waals surface area contributed by atoms with Gasteiger partial charge in [-0.15, -0.1) is 13.2 Å². The van der Waals surface area contributed by atoms with Gasteiger partial charge in [-0.25, -0.2) is 0 Å². The first-order chi connectivity index (χ1) is 16.2. The monoisotopic (exact) mass is 480 g/mol. The van der Waals surface area contributed by atoms with E-state index >= 15 is 0 Å². The Morgan fingerprint density at radius 1 is 1.15 bits per heavy atom. The van der Waals surface area contributed by atoms with Crippen LogP contribution in [0.15, 0.2) is 48.8 Å². The zero-order valence-electron chi connectivity index (χ0n) is 17.6. The number of aryl methyl sites for hydroxylation is 1. The minimum absolute atomic E-state index is 0.194. The molecule has 0 saturated heterocycles. The number of imidazole rings is 1. The molecule has 0 bridgehead atoms. The fourth-order valence-corrected chi connectivity index (χ4v) is 3.17. The first kappa shape index (κ1) is 23.3. The maximum atomic E-state index is 12.2. The van der Waals surface area contributed by atoms with Gasteiger partial charge in [-0.3, -0.25) is 9.55 Å². The van der Waals surface area contributed by atoms with E-state index in [1.54, 1.807) is 16.7 Å². The third kappa shape index (κ3) is 6.34. The van der Waals surface area contributed by atoms with Gasteiger partial charge in [0.15, 0.2) is 0 Å². The highest BCUT2D eigenvalue weighted by Crippen LogP contribution is 2.25. The molecule has 0 spiro atoms. The molecule has 4 rings (SSSR count). The summed E-state index contributed by atoms with van der Waals surface area (Å²) >= 11 is 0. The van der Waals surface area contributed by atoms with Crippen LogP contribution in [0, 0.1) is 10.1 Å². The number of hydrogen-bond donors (Lipinski definition) is 0. The van der Waals surface area contributed by atoms with Crippen molar-refractivity contribution in [2.75, 3.05) is 6.61 Å². The van der Waals surface area contributed by atoms with Gasteiger partial charge in [0.05, 0.1) is 25.1 Å². The third-order valence-corrected chi connectivity index (χ3v) is 4.79. The van der Waals surface area contributed by atoms with Crippen molar-refractivity contribution in [3.63, 3.8) is 0 Å². The molecule has 0 amide bonds. The highest BCUT2D eigenvalue weighted by Gasteiger charge is 2.31. The fraction of sp³-hybridized carbons (Fsp3) is 0.333. The summed E-state index contributed by atoms with van der Waals surface area (Å²) in [7, 11) is 0. The van der Waals surface area contributed by atoms with Crippen LogP contribution in [0.4, 0.5) is 19.0 Å². The Morgan fingerprint density at radius 3 is 2.59 bits per heavy atom. The van der Waals surface area contributed by atoms with E-state index < -0.39 is 11.3 Å². The summed E-state index contributed by atoms with van der Waals surface area (Å²) in [5.41, 5.74) is 1.33. The molecule has 2 aromatic heterocycles. The zero-order chi connectivity index (χ0) is 24.1. The highest BCUT2D eigenvalue weighted by atomic mass is 19.4. The van der Waals surface area contributed by atoms with Crippen LogP contribution in [0.3, 0.4) is 0 Å². The summed E-state index contributed by atoms with van der Waals surface area (Å²) in [5.74, 6) is -0.0303. The number of nitrogens with zero attached hydrogens (tertiary/aromatic N) is 4. The van der Waals surface area contributed by atoms with Crippen molar-refractivity contribution >= 4 is 5.82 Å². The Balaban J connectivity index is 1.20. The van der Waals surface area contributed by atoms with Gasteiger partial charge in [0.2, 0.25) is 0 Å². The number of rotatable bonds is 9. The van der Waals surface area contributed by atoms with Crippen LogP contribution >= 0.6 is 0 Å². The highest BCUT2D eigenvalue weighted by molar-refractivity contribution is 5.27. The van der Waals surface area contributed by atoms with E-state index in [1.807, 2.05) is 0 Å². The second kappa shape index (κ2) is 9.95. The van der Waals surface area contributed by atoms with Gasteiger partial charge in [0.1, 0.15) is 30.4 Å². The summed E-state index contributed by atoms with van der Waals surface area (Å²) in [4.78, 5) is 18.4. The molecule has 1 aliphatic rings. The van der Waals surface area contributed by atoms with Crippen LogP contribution < -0.4 is 14.2 Å². The molecule has 3 heterocycles. The van der Waals surface area contributed by atoms with E-state index in [0.29, 0.717) is 30.0 Å². The lowest BCUT2D eigenvalue weighted by atomic mass is 10.2. The number of halogens is 3. The van der Waals surface area contributed by atoms with Crippen LogP contribution in [0.5, 0.6) is 17.5 Å². The lowest BCUT2D eigenvalue weighted by Gasteiger charge is -2.22. The van der Waals surface area contributed by atoms with E-state index in [1.165, 1.54) is 36.7 Å². The minimum Gasteiger partial charge on any atom is -0.488 e. The lowest BCUT2D eigenvalue weighted by molar-refractivity contribution is -0.389. The number of benzene rings is 1. The molecule has 1 aliphatic heterocycles. The maximum Gasteiger partial charge on any atom is 0.573 e. The molecule has 180 valence electrons. The Labute approximate surface area is 191 Å². The summed E-state index contributed by atoms with van der Waals surface area (Å²) in [5, 5.41) is 10.8. The third-order valence-electron chi connectivity index (χ3n) is 4.79. The van der Waals surface area contributed by atoms with Gasteiger partial charge in [-0.2, -0.15) is 0 Å². The number of fused-ring (bicyclic) bond motifs is 1. The molecule has 3 aromatic rings. The Hall–Kier alpha value is -3.87. The smallest absolute Gasteiger partial charge is 0.488 e. The predicted molar refractivity (Wildman–Crippen MR) is 109 cm³/mol. The first-order valence-corrected chi connectivity index (χ1v) is 10.1. The molecular formula is C21H19F3N4O6. The van der Waals surface area contributed by atoms with Gasteiger partial charge < -0.3 is 29.1 Å². The van der Waals surface area contributed by atoms with Gasteiger partial charge in [0, 0.05) is 17.9 Å². The molecule has 1 unspecified atom stereocenters. The number of aromatic nitrogens is 3. The second-order valence-electron chi connectivity index (χ2n) is 7.34. The van der Waals surface area contributed by atoms with Gasteiger partial charge in [-0.1, -0.05) is 12.1 Å². The topological polar surface area (TPSA) is 111 Å². The lowest BCUT2D eigenvalue weighted by Crippen LogP contribution is -2.31. The molecule has 0 fully saturated rings. The Kier molecular flexibility index (Phi) is 6.82. The van der Waals surface area contributed by atoms with E-state index in [-0.39, 0.29) is 43.5 Å². The van der Waals surface area contributed by atoms with Crippen LogP contribution in [0.2, 0.25) is 0 Å². The van der Waals surface area contributed by atoms with Crippen LogP contribution in [0.25, 0.3) is 0 Å². The molecular weight excluding hydrogens is 461 g/mol. The van der Waals surface area contributed by atoms with E-state index in [9.17, 15) is 23.3 Å². The second-order valence-corrected chi connectivity index (χ2v) is 7.34. The van der Waals surface area contributed by atoms with E-state index in [4.69, 9.17) is 14.2 Å². The number of nitro groups is 1. The maximum absolute atomic E-state index is 12.2. The van der Waals surface area contributed by atoms with E-state index in [0.717, 1.165) is 0 Å². The molecule has 0 aliphatic carbocycles. The summed E-state index contributed by atoms with van der Waals surface area (Å²) in [6.07, 6.45) is -1.53. The molecule has 0 saturated carbocycles. The molecule has 34 heavy (non-hydrogen) atoms. The Bertz CT molecular complexity index is 1120. The first-order valence-electron chi connectivity index (χ1n) is 10.1. The molecule has 1 aromatic carbocycles. The van der Waals surface area contributed by atoms with Gasteiger partial charge in [0.25, 0.3) is 0 Å². The fourth-order valence-electron chi connectivity index (χ4n) is 3.17. The number of alkyl halides is 3. The Morgan fingerprint density at radius 2 is 1.91 bits per heavy atom. The average molecular weight is 480 g/mol. The van der Waals surface area contributed by atoms with Crippen molar-refractivity contribution in [3.8, 4) is 17.5 Å². The van der Waals surface area contributed by atoms with Crippen molar-refractivity contribution in [2.45, 2.75) is 38.6 Å². The van der Waals surface area contributed by atoms with Gasteiger partial charge >= 0.3 is 18.2 Å². The quantitative estimate of drug-likeness (QED) is 0.333. The summed E-state index contributed by atoms with van der Waals surface area (Å²) in [6, 6.07) is 9.08. The molecule has 1 atom stereocenters. The van der Waals surface area contributed by atoms with Crippen molar-refractivity contribution in [3.05, 3.63) is 70.2 Å². The van der Waals surface area contributed by atoms with Crippen molar-refractivity contribution < 1.29 is 37.0 Å². The SMILES string of the molecule is O=[N+]([O-])c1cn2c(n1)OC(COc1ccc(COCc3ccc(OC(F)(F)F)cc3)nc1)CC2.